The van der Waals surface area contributed by atoms with E-state index in [2.05, 4.69) is 30.6 Å². The van der Waals surface area contributed by atoms with Crippen molar-refractivity contribution >= 4 is 22.1 Å². The monoisotopic (exact) mass is 730 g/mol. The Bertz CT molecular complexity index is 1490. The van der Waals surface area contributed by atoms with Crippen molar-refractivity contribution in [3.63, 3.8) is 0 Å². The molecule has 0 aliphatic heterocycles. The summed E-state index contributed by atoms with van der Waals surface area (Å²) in [6, 6.07) is 27.1. The number of para-hydroxylation sites is 2. The Morgan fingerprint density at radius 2 is 0.850 bits per heavy atom. The molecule has 0 aliphatic carbocycles. The quantitative estimate of drug-likeness (QED) is 0.142. The third kappa shape index (κ3) is 9.95. The van der Waals surface area contributed by atoms with E-state index in [0.717, 1.165) is 33.7 Å². The van der Waals surface area contributed by atoms with Gasteiger partial charge in [0.05, 0.1) is 21.2 Å². The topological polar surface area (TPSA) is 220 Å². The van der Waals surface area contributed by atoms with Crippen molar-refractivity contribution in [2.45, 2.75) is 0 Å². The van der Waals surface area contributed by atoms with Gasteiger partial charge in [0.1, 0.15) is 11.0 Å². The van der Waals surface area contributed by atoms with Crippen molar-refractivity contribution in [2.24, 2.45) is 0 Å². The van der Waals surface area contributed by atoms with Crippen LogP contribution in [0.5, 0.6) is 0 Å². The number of nitrogens with zero attached hydrogens (tertiary/aromatic N) is 10. The third-order valence-electron chi connectivity index (χ3n) is 4.44. The Kier molecular flexibility index (Phi) is 14.3. The predicted molar refractivity (Wildman–Crippen MR) is 134 cm³/mol. The first kappa shape index (κ1) is 33.4. The van der Waals surface area contributed by atoms with E-state index in [1.807, 2.05) is 84.9 Å². The van der Waals surface area contributed by atoms with Crippen molar-refractivity contribution in [1.29, 1.82) is 0 Å². The van der Waals surface area contributed by atoms with E-state index < -0.39 is 10.2 Å². The van der Waals surface area contributed by atoms with Crippen molar-refractivity contribution in [2.75, 3.05) is 0 Å². The molecule has 0 N–H and O–H groups in total. The predicted octanol–water partition coefficient (Wildman–Crippen LogP) is 3.15. The Hall–Kier alpha value is -4.58. The summed E-state index contributed by atoms with van der Waals surface area (Å²) in [6.45, 7) is 0. The minimum Gasteiger partial charge on any atom is -0.356 e. The zero-order valence-electron chi connectivity index (χ0n) is 19.8. The first-order valence-corrected chi connectivity index (χ1v) is 10.4. The van der Waals surface area contributed by atoms with Crippen molar-refractivity contribution < 1.29 is 54.9 Å². The molecule has 4 aromatic heterocycles. The molecule has 0 radical (unpaired) electrons. The Morgan fingerprint density at radius 1 is 0.525 bits per heavy atom. The standard InChI is InChI=1S/2C11H8N4.2Ag.2NO3/c2*1-2-6-10-9(5-1)13-14-15(10)11-7-3-4-8-12-11;;;2*2-1(3)4/h2*1-8H;;;;/q;;2*+1;2*-1. The maximum absolute atomic E-state index is 8.25. The van der Waals surface area contributed by atoms with Crippen LogP contribution in [0.2, 0.25) is 0 Å². The van der Waals surface area contributed by atoms with Gasteiger partial charge in [-0.25, -0.2) is 9.97 Å². The molecule has 4 heterocycles. The van der Waals surface area contributed by atoms with Crippen LogP contribution < -0.4 is 0 Å². The molecular weight excluding hydrogens is 716 g/mol. The summed E-state index contributed by atoms with van der Waals surface area (Å²) >= 11 is 0. The molecule has 0 fully saturated rings. The number of benzene rings is 2. The number of pyridine rings is 2. The van der Waals surface area contributed by atoms with Crippen LogP contribution in [0.25, 0.3) is 33.7 Å². The van der Waals surface area contributed by atoms with Crippen LogP contribution in [0.15, 0.2) is 97.3 Å². The Balaban J connectivity index is 0.000000305. The minimum atomic E-state index is -1.75. The summed E-state index contributed by atoms with van der Waals surface area (Å²) in [4.78, 5) is 25.0. The van der Waals surface area contributed by atoms with Crippen LogP contribution in [0.4, 0.5) is 0 Å². The zero-order valence-corrected chi connectivity index (χ0v) is 22.7. The number of aromatic nitrogens is 8. The fourth-order valence-corrected chi connectivity index (χ4v) is 3.03. The van der Waals surface area contributed by atoms with Gasteiger partial charge < -0.3 is 30.6 Å². The van der Waals surface area contributed by atoms with Gasteiger partial charge >= 0.3 is 44.8 Å². The van der Waals surface area contributed by atoms with Gasteiger partial charge in [-0.05, 0) is 48.5 Å². The van der Waals surface area contributed by atoms with Gasteiger partial charge in [-0.3, -0.25) is 0 Å². The van der Waals surface area contributed by atoms with Crippen LogP contribution in [0, 0.1) is 30.6 Å². The minimum absolute atomic E-state index is 0. The molecule has 0 saturated heterocycles. The summed E-state index contributed by atoms with van der Waals surface area (Å²) in [5.74, 6) is 1.57. The fourth-order valence-electron chi connectivity index (χ4n) is 3.03. The maximum atomic E-state index is 8.25. The first-order valence-electron chi connectivity index (χ1n) is 10.4. The number of hydrogen-bond donors (Lipinski definition) is 0. The molecule has 18 heteroatoms. The number of fused-ring (bicyclic) bond motifs is 2. The average molecular weight is 732 g/mol. The average Bonchev–Trinajstić information content (AvgIpc) is 3.54. The second-order valence-electron chi connectivity index (χ2n) is 6.80. The van der Waals surface area contributed by atoms with E-state index >= 15 is 0 Å². The molecule has 40 heavy (non-hydrogen) atoms. The van der Waals surface area contributed by atoms with Gasteiger partial charge in [0.2, 0.25) is 0 Å². The van der Waals surface area contributed by atoms with E-state index in [4.69, 9.17) is 30.6 Å². The summed E-state index contributed by atoms with van der Waals surface area (Å²) in [6.07, 6.45) is 3.48. The molecule has 0 saturated carbocycles. The molecule has 6 aromatic rings. The zero-order chi connectivity index (χ0) is 27.3. The summed E-state index contributed by atoms with van der Waals surface area (Å²) in [7, 11) is 0. The van der Waals surface area contributed by atoms with Gasteiger partial charge in [-0.2, -0.15) is 9.36 Å². The van der Waals surface area contributed by atoms with Gasteiger partial charge in [0.25, 0.3) is 0 Å². The molecule has 0 spiro atoms. The third-order valence-corrected chi connectivity index (χ3v) is 4.44. The van der Waals surface area contributed by atoms with Gasteiger partial charge in [-0.15, -0.1) is 10.2 Å². The molecule has 0 amide bonds. The van der Waals surface area contributed by atoms with Crippen molar-refractivity contribution in [3.8, 4) is 11.6 Å². The second kappa shape index (κ2) is 17.1. The van der Waals surface area contributed by atoms with Crippen LogP contribution in [0.1, 0.15) is 0 Å². The number of rotatable bonds is 2. The summed E-state index contributed by atoms with van der Waals surface area (Å²) < 4.78 is 3.46. The van der Waals surface area contributed by atoms with Crippen LogP contribution in [-0.4, -0.2) is 50.1 Å². The Labute approximate surface area is 255 Å². The number of hydrogen-bond acceptors (Lipinski definition) is 12. The Morgan fingerprint density at radius 3 is 1.18 bits per heavy atom. The maximum Gasteiger partial charge on any atom is 1.00 e. The fraction of sp³-hybridized carbons (Fsp3) is 0. The van der Waals surface area contributed by atoms with E-state index in [0.29, 0.717) is 0 Å². The normalized spacial score (nSPS) is 9.20. The molecule has 16 nitrogen and oxygen atoms in total. The molecular formula is C22H16Ag2N10O6. The van der Waals surface area contributed by atoms with Crippen LogP contribution in [-0.2, 0) is 44.8 Å². The van der Waals surface area contributed by atoms with E-state index in [1.54, 1.807) is 21.8 Å². The van der Waals surface area contributed by atoms with E-state index in [1.165, 1.54) is 0 Å². The van der Waals surface area contributed by atoms with Gasteiger partial charge in [0, 0.05) is 12.4 Å². The van der Waals surface area contributed by atoms with Gasteiger partial charge in [0.15, 0.2) is 11.6 Å². The SMILES string of the molecule is O=[N+]([O-])[O-].O=[N+]([O-])[O-].[Ag+].[Ag+].c1ccc(-n2nnc3ccccc32)nc1.c1ccc(-n2nnc3ccccc32)nc1. The first-order chi connectivity index (χ1) is 18.4. The molecule has 0 unspecified atom stereocenters. The summed E-state index contributed by atoms with van der Waals surface area (Å²) in [5.41, 5.74) is 3.69. The van der Waals surface area contributed by atoms with E-state index in [-0.39, 0.29) is 44.8 Å². The molecule has 2 aromatic carbocycles. The molecule has 0 atom stereocenters. The summed E-state index contributed by atoms with van der Waals surface area (Å²) in [5, 5.41) is 45.8. The smallest absolute Gasteiger partial charge is 0.356 e. The van der Waals surface area contributed by atoms with Crippen LogP contribution >= 0.6 is 0 Å². The second-order valence-corrected chi connectivity index (χ2v) is 6.80. The molecule has 0 aliphatic rings. The van der Waals surface area contributed by atoms with Crippen LogP contribution in [0.3, 0.4) is 0 Å². The van der Waals surface area contributed by atoms with Crippen molar-refractivity contribution in [3.05, 3.63) is 128 Å². The molecule has 212 valence electrons. The van der Waals surface area contributed by atoms with Gasteiger partial charge in [-0.1, -0.05) is 46.8 Å². The van der Waals surface area contributed by atoms with E-state index in [9.17, 15) is 0 Å². The largest absolute Gasteiger partial charge is 1.00 e. The molecule has 6 rings (SSSR count). The van der Waals surface area contributed by atoms with Crippen molar-refractivity contribution in [1.82, 2.24) is 40.0 Å². The molecule has 0 bridgehead atoms.